The molecule has 2 fully saturated rings. The lowest BCUT2D eigenvalue weighted by Crippen LogP contribution is -2.57. The second-order valence-electron chi connectivity index (χ2n) is 8.69. The number of benzene rings is 1. The minimum absolute atomic E-state index is 0.0281. The minimum atomic E-state index is -0.331. The molecule has 1 unspecified atom stereocenters. The fourth-order valence-electron chi connectivity index (χ4n) is 4.52. The van der Waals surface area contributed by atoms with Gasteiger partial charge in [0, 0.05) is 31.7 Å². The zero-order chi connectivity index (χ0) is 19.8. The van der Waals surface area contributed by atoms with Gasteiger partial charge in [0.15, 0.2) is 11.5 Å². The summed E-state index contributed by atoms with van der Waals surface area (Å²) in [7, 11) is 0. The average Bonchev–Trinajstić information content (AvgIpc) is 3.13. The Balaban J connectivity index is 1.49. The van der Waals surface area contributed by atoms with Gasteiger partial charge in [-0.05, 0) is 51.3 Å². The molecule has 0 radical (unpaired) electrons. The SMILES string of the molecule is CC1CN(C(=O)NCC2(c3ccc4c(c3)OCO4)CCOCC2)CC(C)(C)O1. The van der Waals surface area contributed by atoms with Crippen LogP contribution in [-0.2, 0) is 14.9 Å². The maximum Gasteiger partial charge on any atom is 0.317 e. The van der Waals surface area contributed by atoms with Crippen molar-refractivity contribution in [3.8, 4) is 11.5 Å². The zero-order valence-electron chi connectivity index (χ0n) is 17.0. The molecular formula is C21H30N2O5. The molecule has 1 aromatic carbocycles. The first-order valence-corrected chi connectivity index (χ1v) is 10.1. The molecule has 3 aliphatic heterocycles. The molecule has 0 aromatic heterocycles. The normalized spacial score (nSPS) is 25.4. The molecule has 3 aliphatic rings. The molecule has 3 heterocycles. The van der Waals surface area contributed by atoms with E-state index in [1.165, 1.54) is 0 Å². The summed E-state index contributed by atoms with van der Waals surface area (Å²) < 4.78 is 22.5. The van der Waals surface area contributed by atoms with Gasteiger partial charge in [-0.25, -0.2) is 4.79 Å². The quantitative estimate of drug-likeness (QED) is 0.859. The first-order valence-electron chi connectivity index (χ1n) is 10.1. The van der Waals surface area contributed by atoms with Crippen molar-refractivity contribution in [1.29, 1.82) is 0 Å². The second-order valence-corrected chi connectivity index (χ2v) is 8.69. The van der Waals surface area contributed by atoms with Gasteiger partial charge < -0.3 is 29.2 Å². The summed E-state index contributed by atoms with van der Waals surface area (Å²) in [6, 6.07) is 6.07. The highest BCUT2D eigenvalue weighted by atomic mass is 16.7. The monoisotopic (exact) mass is 390 g/mol. The number of fused-ring (bicyclic) bond motifs is 1. The number of nitrogens with one attached hydrogen (secondary N) is 1. The maximum atomic E-state index is 12.9. The van der Waals surface area contributed by atoms with Crippen molar-refractivity contribution >= 4 is 6.03 Å². The number of carbonyl (C=O) groups is 1. The average molecular weight is 390 g/mol. The number of morpholine rings is 1. The lowest BCUT2D eigenvalue weighted by Gasteiger charge is -2.43. The number of nitrogens with zero attached hydrogens (tertiary/aromatic N) is 1. The Hall–Kier alpha value is -1.99. The van der Waals surface area contributed by atoms with Crippen molar-refractivity contribution in [1.82, 2.24) is 10.2 Å². The van der Waals surface area contributed by atoms with Crippen molar-refractivity contribution in [2.24, 2.45) is 0 Å². The van der Waals surface area contributed by atoms with Crippen LogP contribution >= 0.6 is 0 Å². The minimum Gasteiger partial charge on any atom is -0.454 e. The highest BCUT2D eigenvalue weighted by molar-refractivity contribution is 5.74. The third-order valence-corrected chi connectivity index (χ3v) is 5.87. The topological polar surface area (TPSA) is 69.3 Å². The molecule has 28 heavy (non-hydrogen) atoms. The molecule has 7 nitrogen and oxygen atoms in total. The van der Waals surface area contributed by atoms with E-state index >= 15 is 0 Å². The van der Waals surface area contributed by atoms with Crippen LogP contribution in [0, 0.1) is 0 Å². The number of hydrogen-bond acceptors (Lipinski definition) is 5. The molecule has 154 valence electrons. The summed E-state index contributed by atoms with van der Waals surface area (Å²) in [5.41, 5.74) is 0.668. The molecule has 0 saturated carbocycles. The van der Waals surface area contributed by atoms with Crippen LogP contribution in [-0.4, -0.2) is 62.3 Å². The van der Waals surface area contributed by atoms with Crippen LogP contribution in [0.2, 0.25) is 0 Å². The van der Waals surface area contributed by atoms with Crippen LogP contribution < -0.4 is 14.8 Å². The second kappa shape index (κ2) is 7.44. The van der Waals surface area contributed by atoms with Crippen molar-refractivity contribution < 1.29 is 23.7 Å². The standard InChI is InChI=1S/C21H30N2O5/c1-15-11-23(13-20(2,3)28-15)19(24)22-12-21(6-8-25-9-7-21)16-4-5-17-18(10-16)27-14-26-17/h4-5,10,15H,6-9,11-14H2,1-3H3,(H,22,24). The van der Waals surface area contributed by atoms with Gasteiger partial charge in [0.1, 0.15) is 0 Å². The van der Waals surface area contributed by atoms with E-state index in [-0.39, 0.29) is 29.9 Å². The smallest absolute Gasteiger partial charge is 0.317 e. The van der Waals surface area contributed by atoms with E-state index in [0.29, 0.717) is 32.8 Å². The van der Waals surface area contributed by atoms with Gasteiger partial charge in [-0.1, -0.05) is 6.07 Å². The van der Waals surface area contributed by atoms with Crippen molar-refractivity contribution in [2.45, 2.75) is 50.7 Å². The van der Waals surface area contributed by atoms with Crippen LogP contribution in [0.3, 0.4) is 0 Å². The molecule has 1 atom stereocenters. The molecule has 0 bridgehead atoms. The van der Waals surface area contributed by atoms with Crippen molar-refractivity contribution in [2.75, 3.05) is 39.6 Å². The van der Waals surface area contributed by atoms with Gasteiger partial charge in [-0.3, -0.25) is 0 Å². The van der Waals surface area contributed by atoms with Gasteiger partial charge in [0.05, 0.1) is 18.2 Å². The molecular weight excluding hydrogens is 360 g/mol. The summed E-state index contributed by atoms with van der Waals surface area (Å²) in [6.45, 7) is 9.45. The Morgan fingerprint density at radius 3 is 2.71 bits per heavy atom. The number of urea groups is 1. The number of amides is 2. The van der Waals surface area contributed by atoms with Gasteiger partial charge in [-0.15, -0.1) is 0 Å². The molecule has 1 aromatic rings. The maximum absolute atomic E-state index is 12.9. The third kappa shape index (κ3) is 3.91. The number of rotatable bonds is 3. The van der Waals surface area contributed by atoms with E-state index in [4.69, 9.17) is 18.9 Å². The molecule has 1 N–H and O–H groups in total. The fourth-order valence-corrected chi connectivity index (χ4v) is 4.52. The van der Waals surface area contributed by atoms with Gasteiger partial charge in [0.25, 0.3) is 0 Å². The van der Waals surface area contributed by atoms with Gasteiger partial charge in [-0.2, -0.15) is 0 Å². The Morgan fingerprint density at radius 2 is 1.96 bits per heavy atom. The molecule has 2 saturated heterocycles. The van der Waals surface area contributed by atoms with Crippen LogP contribution in [0.15, 0.2) is 18.2 Å². The molecule has 4 rings (SSSR count). The first-order chi connectivity index (χ1) is 13.4. The summed E-state index contributed by atoms with van der Waals surface area (Å²) in [4.78, 5) is 14.8. The lowest BCUT2D eigenvalue weighted by molar-refractivity contribution is -0.117. The van der Waals surface area contributed by atoms with Crippen LogP contribution in [0.1, 0.15) is 39.2 Å². The third-order valence-electron chi connectivity index (χ3n) is 5.87. The lowest BCUT2D eigenvalue weighted by atomic mass is 9.74. The van der Waals surface area contributed by atoms with E-state index in [2.05, 4.69) is 17.4 Å². The van der Waals surface area contributed by atoms with Crippen molar-refractivity contribution in [3.63, 3.8) is 0 Å². The summed E-state index contributed by atoms with van der Waals surface area (Å²) >= 11 is 0. The highest BCUT2D eigenvalue weighted by Gasteiger charge is 2.38. The Bertz CT molecular complexity index is 730. The molecule has 7 heteroatoms. The molecule has 0 spiro atoms. The Kier molecular flexibility index (Phi) is 5.14. The fraction of sp³-hybridized carbons (Fsp3) is 0.667. The summed E-state index contributed by atoms with van der Waals surface area (Å²) in [6.07, 6.45) is 1.75. The van der Waals surface area contributed by atoms with E-state index in [1.54, 1.807) is 0 Å². The van der Waals surface area contributed by atoms with E-state index in [0.717, 1.165) is 29.9 Å². The van der Waals surface area contributed by atoms with Gasteiger partial charge >= 0.3 is 6.03 Å². The van der Waals surface area contributed by atoms with E-state index < -0.39 is 0 Å². The predicted molar refractivity (Wildman–Crippen MR) is 104 cm³/mol. The Labute approximate surface area is 166 Å². The largest absolute Gasteiger partial charge is 0.454 e. The molecule has 2 amide bonds. The van der Waals surface area contributed by atoms with Crippen molar-refractivity contribution in [3.05, 3.63) is 23.8 Å². The van der Waals surface area contributed by atoms with Crippen LogP contribution in [0.5, 0.6) is 11.5 Å². The van der Waals surface area contributed by atoms with Crippen LogP contribution in [0.25, 0.3) is 0 Å². The first kappa shape index (κ1) is 19.3. The zero-order valence-corrected chi connectivity index (χ0v) is 17.0. The summed E-state index contributed by atoms with van der Waals surface area (Å²) in [5, 5.41) is 3.19. The molecule has 0 aliphatic carbocycles. The van der Waals surface area contributed by atoms with E-state index in [1.807, 2.05) is 31.7 Å². The predicted octanol–water partition coefficient (Wildman–Crippen LogP) is 2.67. The van der Waals surface area contributed by atoms with Crippen LogP contribution in [0.4, 0.5) is 4.79 Å². The number of hydrogen-bond donors (Lipinski definition) is 1. The number of carbonyl (C=O) groups excluding carboxylic acids is 1. The number of ether oxygens (including phenoxy) is 4. The Morgan fingerprint density at radius 1 is 1.21 bits per heavy atom. The highest BCUT2D eigenvalue weighted by Crippen LogP contribution is 2.40. The summed E-state index contributed by atoms with van der Waals surface area (Å²) in [5.74, 6) is 1.55. The van der Waals surface area contributed by atoms with Gasteiger partial charge in [0.2, 0.25) is 6.79 Å². The van der Waals surface area contributed by atoms with E-state index in [9.17, 15) is 4.79 Å².